The van der Waals surface area contributed by atoms with E-state index >= 15 is 0 Å². The number of hydrogen-bond acceptors (Lipinski definition) is 8. The number of phenolic OH excluding ortho intramolecular Hbond substituents is 1. The highest BCUT2D eigenvalue weighted by Crippen LogP contribution is 2.34. The molecule has 11 heteroatoms. The number of nitrogens with zero attached hydrogens (tertiary/aromatic N) is 3. The van der Waals surface area contributed by atoms with Crippen LogP contribution in [0.5, 0.6) is 11.5 Å². The molecule has 0 aliphatic heterocycles. The van der Waals surface area contributed by atoms with E-state index in [0.29, 0.717) is 10.0 Å². The zero-order valence-corrected chi connectivity index (χ0v) is 14.3. The number of halogens is 1. The van der Waals surface area contributed by atoms with Gasteiger partial charge in [0, 0.05) is 6.07 Å². The molecular weight excluding hydrogens is 400 g/mol. The van der Waals surface area contributed by atoms with Gasteiger partial charge in [-0.05, 0) is 39.7 Å². The lowest BCUT2D eigenvalue weighted by Gasteiger charge is -2.06. The standard InChI is InChI=1S/C14H11BrN4O6/c1-25-13-5-8(4-10(15)14(13)20)7-16-17-11-3-2-9(18(21)22)6-12(11)19(23)24/h2-7,17,20H,1H3. The molecule has 0 aromatic heterocycles. The van der Waals surface area contributed by atoms with Crippen LogP contribution in [0.3, 0.4) is 0 Å². The Balaban J connectivity index is 2.26. The van der Waals surface area contributed by atoms with Crippen molar-refractivity contribution in [3.05, 3.63) is 60.6 Å². The van der Waals surface area contributed by atoms with Crippen LogP contribution in [0.4, 0.5) is 17.1 Å². The van der Waals surface area contributed by atoms with Crippen molar-refractivity contribution in [3.63, 3.8) is 0 Å². The van der Waals surface area contributed by atoms with Gasteiger partial charge in [-0.3, -0.25) is 25.7 Å². The van der Waals surface area contributed by atoms with Gasteiger partial charge in [-0.2, -0.15) is 5.10 Å². The monoisotopic (exact) mass is 410 g/mol. The van der Waals surface area contributed by atoms with Gasteiger partial charge in [-0.15, -0.1) is 0 Å². The molecule has 10 nitrogen and oxygen atoms in total. The number of non-ortho nitro benzene ring substituents is 1. The SMILES string of the molecule is COc1cc(C=NNc2ccc([N+](=O)[O-])cc2[N+](=O)[O-])cc(Br)c1O. The molecule has 0 unspecified atom stereocenters. The van der Waals surface area contributed by atoms with Crippen molar-refractivity contribution in [2.75, 3.05) is 12.5 Å². The number of anilines is 1. The molecule has 0 aliphatic carbocycles. The summed E-state index contributed by atoms with van der Waals surface area (Å²) < 4.78 is 5.39. The number of methoxy groups -OCH3 is 1. The highest BCUT2D eigenvalue weighted by Gasteiger charge is 2.19. The van der Waals surface area contributed by atoms with Gasteiger partial charge in [0.05, 0.1) is 33.7 Å². The second-order valence-electron chi connectivity index (χ2n) is 4.64. The minimum Gasteiger partial charge on any atom is -0.503 e. The number of benzene rings is 2. The molecule has 0 saturated heterocycles. The third kappa shape index (κ3) is 4.20. The molecule has 0 saturated carbocycles. The summed E-state index contributed by atoms with van der Waals surface area (Å²) in [5, 5.41) is 35.3. The molecule has 0 spiro atoms. The molecule has 2 N–H and O–H groups in total. The summed E-state index contributed by atoms with van der Waals surface area (Å²) in [6, 6.07) is 6.24. The fraction of sp³-hybridized carbons (Fsp3) is 0.0714. The van der Waals surface area contributed by atoms with Crippen LogP contribution in [-0.4, -0.2) is 28.3 Å². The smallest absolute Gasteiger partial charge is 0.301 e. The molecule has 0 aliphatic rings. The Hall–Kier alpha value is -3.21. The average molecular weight is 411 g/mol. The van der Waals surface area contributed by atoms with Crippen molar-refractivity contribution >= 4 is 39.2 Å². The van der Waals surface area contributed by atoms with Gasteiger partial charge in [0.15, 0.2) is 11.5 Å². The van der Waals surface area contributed by atoms with Crippen LogP contribution in [0.2, 0.25) is 0 Å². The number of aromatic hydroxyl groups is 1. The van der Waals surface area contributed by atoms with Crippen LogP contribution in [0.15, 0.2) is 39.9 Å². The summed E-state index contributed by atoms with van der Waals surface area (Å²) in [7, 11) is 1.39. The highest BCUT2D eigenvalue weighted by atomic mass is 79.9. The second-order valence-corrected chi connectivity index (χ2v) is 5.49. The molecule has 0 atom stereocenters. The molecular formula is C14H11BrN4O6. The Bertz CT molecular complexity index is 871. The van der Waals surface area contributed by atoms with Crippen LogP contribution in [-0.2, 0) is 0 Å². The number of phenols is 1. The van der Waals surface area contributed by atoms with Gasteiger partial charge in [0.2, 0.25) is 0 Å². The highest BCUT2D eigenvalue weighted by molar-refractivity contribution is 9.10. The first-order valence-corrected chi connectivity index (χ1v) is 7.41. The average Bonchev–Trinajstić information content (AvgIpc) is 2.57. The number of rotatable bonds is 6. The van der Waals surface area contributed by atoms with E-state index in [-0.39, 0.29) is 17.2 Å². The zero-order valence-electron chi connectivity index (χ0n) is 12.7. The van der Waals surface area contributed by atoms with Gasteiger partial charge in [-0.25, -0.2) is 0 Å². The maximum absolute atomic E-state index is 11.0. The van der Waals surface area contributed by atoms with Crippen LogP contribution < -0.4 is 10.2 Å². The van der Waals surface area contributed by atoms with Crippen molar-refractivity contribution in [3.8, 4) is 11.5 Å². The molecule has 2 aromatic carbocycles. The molecule has 0 fully saturated rings. The van der Waals surface area contributed by atoms with Crippen LogP contribution in [0.25, 0.3) is 0 Å². The fourth-order valence-electron chi connectivity index (χ4n) is 1.88. The Kier molecular flexibility index (Phi) is 5.49. The maximum Gasteiger partial charge on any atom is 0.301 e. The molecule has 2 aromatic rings. The Labute approximate surface area is 149 Å². The molecule has 0 heterocycles. The van der Waals surface area contributed by atoms with Gasteiger partial charge < -0.3 is 9.84 Å². The molecule has 0 bridgehead atoms. The first-order valence-electron chi connectivity index (χ1n) is 6.62. The van der Waals surface area contributed by atoms with Crippen LogP contribution in [0, 0.1) is 20.2 Å². The first-order chi connectivity index (χ1) is 11.8. The number of nitro groups is 2. The van der Waals surface area contributed by atoms with E-state index in [1.165, 1.54) is 25.5 Å². The molecule has 0 radical (unpaired) electrons. The van der Waals surface area contributed by atoms with Crippen molar-refractivity contribution in [2.45, 2.75) is 0 Å². The Morgan fingerprint density at radius 2 is 1.96 bits per heavy atom. The van der Waals surface area contributed by atoms with E-state index in [9.17, 15) is 25.3 Å². The summed E-state index contributed by atoms with van der Waals surface area (Å²) in [4.78, 5) is 20.3. The summed E-state index contributed by atoms with van der Waals surface area (Å²) in [5.41, 5.74) is 2.13. The minimum absolute atomic E-state index is 0.00309. The normalized spacial score (nSPS) is 10.6. The molecule has 130 valence electrons. The molecule has 0 amide bonds. The van der Waals surface area contributed by atoms with Crippen LogP contribution >= 0.6 is 15.9 Å². The summed E-state index contributed by atoms with van der Waals surface area (Å²) in [5.74, 6) is 0.149. The lowest BCUT2D eigenvalue weighted by Crippen LogP contribution is -1.99. The minimum atomic E-state index is -0.745. The van der Waals surface area contributed by atoms with E-state index in [1.54, 1.807) is 6.07 Å². The second kappa shape index (κ2) is 7.57. The third-order valence-electron chi connectivity index (χ3n) is 3.06. The molecule has 2 rings (SSSR count). The van der Waals surface area contributed by atoms with Crippen molar-refractivity contribution in [1.82, 2.24) is 0 Å². The number of nitro benzene ring substituents is 2. The largest absolute Gasteiger partial charge is 0.503 e. The fourth-order valence-corrected chi connectivity index (χ4v) is 2.34. The van der Waals surface area contributed by atoms with Crippen LogP contribution in [0.1, 0.15) is 5.56 Å². The van der Waals surface area contributed by atoms with Crippen molar-refractivity contribution in [1.29, 1.82) is 0 Å². The summed E-state index contributed by atoms with van der Waals surface area (Å²) in [6.07, 6.45) is 1.35. The molecule has 25 heavy (non-hydrogen) atoms. The van der Waals surface area contributed by atoms with E-state index < -0.39 is 21.2 Å². The maximum atomic E-state index is 11.0. The number of ether oxygens (including phenoxy) is 1. The quantitative estimate of drug-likeness (QED) is 0.422. The Morgan fingerprint density at radius 1 is 1.24 bits per heavy atom. The first kappa shape index (κ1) is 18.1. The van der Waals surface area contributed by atoms with Gasteiger partial charge in [0.25, 0.3) is 5.69 Å². The Morgan fingerprint density at radius 3 is 2.56 bits per heavy atom. The zero-order chi connectivity index (χ0) is 18.6. The van der Waals surface area contributed by atoms with E-state index in [0.717, 1.165) is 12.1 Å². The third-order valence-corrected chi connectivity index (χ3v) is 3.66. The number of hydrogen-bond donors (Lipinski definition) is 2. The number of hydrazone groups is 1. The van der Waals surface area contributed by atoms with Gasteiger partial charge in [0.1, 0.15) is 5.69 Å². The lowest BCUT2D eigenvalue weighted by molar-refractivity contribution is -0.393. The number of nitrogens with one attached hydrogen (secondary N) is 1. The topological polar surface area (TPSA) is 140 Å². The van der Waals surface area contributed by atoms with Gasteiger partial charge >= 0.3 is 5.69 Å². The van der Waals surface area contributed by atoms with E-state index in [4.69, 9.17) is 4.74 Å². The lowest BCUT2D eigenvalue weighted by atomic mass is 10.2. The predicted octanol–water partition coefficient (Wildman–Crippen LogP) is 3.43. The summed E-state index contributed by atoms with van der Waals surface area (Å²) in [6.45, 7) is 0. The van der Waals surface area contributed by atoms with E-state index in [1.807, 2.05) is 0 Å². The summed E-state index contributed by atoms with van der Waals surface area (Å²) >= 11 is 3.16. The van der Waals surface area contributed by atoms with Crippen molar-refractivity contribution in [2.24, 2.45) is 5.10 Å². The van der Waals surface area contributed by atoms with Crippen molar-refractivity contribution < 1.29 is 19.7 Å². The van der Waals surface area contributed by atoms with Gasteiger partial charge in [-0.1, -0.05) is 0 Å². The van der Waals surface area contributed by atoms with E-state index in [2.05, 4.69) is 26.5 Å². The predicted molar refractivity (Wildman–Crippen MR) is 93.3 cm³/mol.